The van der Waals surface area contributed by atoms with Gasteiger partial charge in [-0.1, -0.05) is 5.16 Å². The van der Waals surface area contributed by atoms with E-state index in [4.69, 9.17) is 9.63 Å². The lowest BCUT2D eigenvalue weighted by Crippen LogP contribution is -2.20. The highest BCUT2D eigenvalue weighted by atomic mass is 16.5. The Balaban J connectivity index is 2.10. The van der Waals surface area contributed by atoms with Gasteiger partial charge in [0.25, 0.3) is 0 Å². The molecule has 0 aliphatic carbocycles. The van der Waals surface area contributed by atoms with Crippen molar-refractivity contribution in [2.45, 2.75) is 25.8 Å². The fraction of sp³-hybridized carbons (Fsp3) is 0.600. The van der Waals surface area contributed by atoms with E-state index < -0.39 is 5.97 Å². The molecule has 2 unspecified atom stereocenters. The van der Waals surface area contributed by atoms with Crippen molar-refractivity contribution in [3.05, 3.63) is 17.5 Å². The molecule has 0 saturated carbocycles. The van der Waals surface area contributed by atoms with Crippen LogP contribution in [0.15, 0.2) is 10.6 Å². The van der Waals surface area contributed by atoms with Gasteiger partial charge in [0.15, 0.2) is 0 Å². The van der Waals surface area contributed by atoms with Crippen molar-refractivity contribution in [1.82, 2.24) is 10.5 Å². The monoisotopic (exact) mass is 210 g/mol. The minimum Gasteiger partial charge on any atom is -0.481 e. The smallest absolute Gasteiger partial charge is 0.303 e. The van der Waals surface area contributed by atoms with Gasteiger partial charge in [0.1, 0.15) is 11.5 Å². The summed E-state index contributed by atoms with van der Waals surface area (Å²) in [5, 5.41) is 16.0. The van der Waals surface area contributed by atoms with Crippen LogP contribution < -0.4 is 5.32 Å². The normalized spacial score (nSPS) is 25.7. The number of nitrogens with zero attached hydrogens (tertiary/aromatic N) is 1. The summed E-state index contributed by atoms with van der Waals surface area (Å²) in [6.45, 7) is 2.67. The average molecular weight is 210 g/mol. The molecule has 0 bridgehead atoms. The molecule has 2 atom stereocenters. The molecular formula is C10H14N2O3. The molecule has 1 fully saturated rings. The van der Waals surface area contributed by atoms with Crippen molar-refractivity contribution in [1.29, 1.82) is 0 Å². The van der Waals surface area contributed by atoms with E-state index >= 15 is 0 Å². The zero-order valence-electron chi connectivity index (χ0n) is 8.56. The second kappa shape index (κ2) is 4.02. The Morgan fingerprint density at radius 3 is 3.20 bits per heavy atom. The number of aryl methyl sites for hydroxylation is 1. The number of carboxylic acid groups (broad SMARTS) is 1. The van der Waals surface area contributed by atoms with Gasteiger partial charge in [0.05, 0.1) is 12.5 Å². The molecule has 2 heterocycles. The number of hydrogen-bond acceptors (Lipinski definition) is 4. The number of carboxylic acids is 1. The Labute approximate surface area is 87.5 Å². The molecule has 5 nitrogen and oxygen atoms in total. The van der Waals surface area contributed by atoms with Crippen molar-refractivity contribution < 1.29 is 14.4 Å². The summed E-state index contributed by atoms with van der Waals surface area (Å²) >= 11 is 0. The Morgan fingerprint density at radius 1 is 1.80 bits per heavy atom. The van der Waals surface area contributed by atoms with Gasteiger partial charge in [-0.25, -0.2) is 0 Å². The van der Waals surface area contributed by atoms with Crippen LogP contribution in [0.2, 0.25) is 0 Å². The van der Waals surface area contributed by atoms with E-state index in [-0.39, 0.29) is 18.4 Å². The highest BCUT2D eigenvalue weighted by molar-refractivity contribution is 5.67. The summed E-state index contributed by atoms with van der Waals surface area (Å²) < 4.78 is 4.99. The Bertz CT molecular complexity index is 361. The lowest BCUT2D eigenvalue weighted by molar-refractivity contribution is -0.138. The molecule has 82 valence electrons. The summed E-state index contributed by atoms with van der Waals surface area (Å²) in [5.41, 5.74) is 0.816. The molecule has 5 heteroatoms. The maximum absolute atomic E-state index is 10.7. The molecule has 1 aliphatic heterocycles. The van der Waals surface area contributed by atoms with E-state index in [2.05, 4.69) is 10.5 Å². The third kappa shape index (κ3) is 2.18. The van der Waals surface area contributed by atoms with Crippen LogP contribution >= 0.6 is 0 Å². The molecule has 1 aromatic rings. The van der Waals surface area contributed by atoms with E-state index in [1.165, 1.54) is 0 Å². The SMILES string of the molecule is Cc1cc(C2NCCC2CC(=O)O)no1. The van der Waals surface area contributed by atoms with Crippen LogP contribution in [0.4, 0.5) is 0 Å². The average Bonchev–Trinajstić information content (AvgIpc) is 2.72. The van der Waals surface area contributed by atoms with Crippen LogP contribution in [0.1, 0.15) is 30.3 Å². The molecule has 0 radical (unpaired) electrons. The highest BCUT2D eigenvalue weighted by Gasteiger charge is 2.31. The molecule has 2 N–H and O–H groups in total. The predicted molar refractivity (Wildman–Crippen MR) is 52.3 cm³/mol. The predicted octanol–water partition coefficient (Wildman–Crippen LogP) is 1.11. The van der Waals surface area contributed by atoms with Crippen LogP contribution in [0.25, 0.3) is 0 Å². The Kier molecular flexibility index (Phi) is 2.73. The number of aromatic nitrogens is 1. The topological polar surface area (TPSA) is 75.4 Å². The maximum Gasteiger partial charge on any atom is 0.303 e. The lowest BCUT2D eigenvalue weighted by Gasteiger charge is -2.14. The first kappa shape index (κ1) is 10.2. The second-order valence-corrected chi connectivity index (χ2v) is 3.94. The van der Waals surface area contributed by atoms with Gasteiger partial charge in [-0.2, -0.15) is 0 Å². The van der Waals surface area contributed by atoms with Crippen LogP contribution in [0, 0.1) is 12.8 Å². The first-order valence-corrected chi connectivity index (χ1v) is 5.05. The van der Waals surface area contributed by atoms with E-state index in [0.717, 1.165) is 24.4 Å². The highest BCUT2D eigenvalue weighted by Crippen LogP contribution is 2.31. The minimum absolute atomic E-state index is 0.0264. The first-order chi connectivity index (χ1) is 7.16. The van der Waals surface area contributed by atoms with Crippen molar-refractivity contribution in [3.8, 4) is 0 Å². The third-order valence-corrected chi connectivity index (χ3v) is 2.75. The van der Waals surface area contributed by atoms with Gasteiger partial charge >= 0.3 is 5.97 Å². The second-order valence-electron chi connectivity index (χ2n) is 3.94. The first-order valence-electron chi connectivity index (χ1n) is 5.05. The molecule has 1 aromatic heterocycles. The van der Waals surface area contributed by atoms with Gasteiger partial charge in [-0.3, -0.25) is 4.79 Å². The quantitative estimate of drug-likeness (QED) is 0.781. The molecule has 15 heavy (non-hydrogen) atoms. The van der Waals surface area contributed by atoms with E-state index in [9.17, 15) is 4.79 Å². The van der Waals surface area contributed by atoms with Gasteiger partial charge in [0, 0.05) is 6.07 Å². The maximum atomic E-state index is 10.7. The van der Waals surface area contributed by atoms with Crippen LogP contribution in [0.3, 0.4) is 0 Å². The molecule has 0 spiro atoms. The number of aliphatic carboxylic acids is 1. The number of hydrogen-bond donors (Lipinski definition) is 2. The minimum atomic E-state index is -0.756. The van der Waals surface area contributed by atoms with Gasteiger partial charge < -0.3 is 14.9 Å². The zero-order valence-corrected chi connectivity index (χ0v) is 8.56. The molecular weight excluding hydrogens is 196 g/mol. The number of rotatable bonds is 3. The van der Waals surface area contributed by atoms with Crippen molar-refractivity contribution >= 4 is 5.97 Å². The van der Waals surface area contributed by atoms with Crippen molar-refractivity contribution in [3.63, 3.8) is 0 Å². The molecule has 1 aliphatic rings. The summed E-state index contributed by atoms with van der Waals surface area (Å²) in [6, 6.07) is 1.89. The van der Waals surface area contributed by atoms with E-state index in [1.807, 2.05) is 13.0 Å². The van der Waals surface area contributed by atoms with Crippen LogP contribution in [-0.2, 0) is 4.79 Å². The fourth-order valence-corrected chi connectivity index (χ4v) is 2.08. The van der Waals surface area contributed by atoms with E-state index in [0.29, 0.717) is 0 Å². The van der Waals surface area contributed by atoms with E-state index in [1.54, 1.807) is 0 Å². The Hall–Kier alpha value is -1.36. The summed E-state index contributed by atoms with van der Waals surface area (Å²) in [5.74, 6) is 0.119. The standard InChI is InChI=1S/C10H14N2O3/c1-6-4-8(12-15-6)10-7(2-3-11-10)5-9(13)14/h4,7,10-11H,2-3,5H2,1H3,(H,13,14). The third-order valence-electron chi connectivity index (χ3n) is 2.75. The number of carbonyl (C=O) groups is 1. The molecule has 0 amide bonds. The van der Waals surface area contributed by atoms with Crippen molar-refractivity contribution in [2.24, 2.45) is 5.92 Å². The lowest BCUT2D eigenvalue weighted by atomic mass is 9.95. The molecule has 0 aromatic carbocycles. The van der Waals surface area contributed by atoms with Crippen molar-refractivity contribution in [2.75, 3.05) is 6.54 Å². The van der Waals surface area contributed by atoms with Crippen LogP contribution in [-0.4, -0.2) is 22.8 Å². The van der Waals surface area contributed by atoms with Gasteiger partial charge in [-0.05, 0) is 25.8 Å². The molecule has 2 rings (SSSR count). The summed E-state index contributed by atoms with van der Waals surface area (Å²) in [4.78, 5) is 10.7. The van der Waals surface area contributed by atoms with Gasteiger partial charge in [-0.15, -0.1) is 0 Å². The summed E-state index contributed by atoms with van der Waals surface area (Å²) in [6.07, 6.45) is 1.06. The van der Waals surface area contributed by atoms with Gasteiger partial charge in [0.2, 0.25) is 0 Å². The summed E-state index contributed by atoms with van der Waals surface area (Å²) in [7, 11) is 0. The van der Waals surface area contributed by atoms with Crippen LogP contribution in [0.5, 0.6) is 0 Å². The largest absolute Gasteiger partial charge is 0.481 e. The fourth-order valence-electron chi connectivity index (χ4n) is 2.08. The number of nitrogens with one attached hydrogen (secondary N) is 1. The molecule has 1 saturated heterocycles. The zero-order chi connectivity index (χ0) is 10.8. The Morgan fingerprint density at radius 2 is 2.60 bits per heavy atom.